The number of piperidine rings is 1. The molecular weight excluding hydrogens is 330 g/mol. The summed E-state index contributed by atoms with van der Waals surface area (Å²) in [4.78, 5) is 35.2. The minimum absolute atomic E-state index is 0.0278. The first-order valence-corrected chi connectivity index (χ1v) is 8.78. The van der Waals surface area contributed by atoms with Crippen LogP contribution in [0, 0.1) is 5.92 Å². The zero-order chi connectivity index (χ0) is 18.4. The van der Waals surface area contributed by atoms with Crippen LogP contribution in [0.4, 0.5) is 5.82 Å². The molecule has 0 spiro atoms. The molecule has 7 nitrogen and oxygen atoms in total. The molecule has 0 unspecified atom stereocenters. The number of hydrogen-bond acceptors (Lipinski definition) is 5. The fourth-order valence-corrected chi connectivity index (χ4v) is 3.12. The number of anilines is 1. The average Bonchev–Trinajstić information content (AvgIpc) is 2.72. The Morgan fingerprint density at radius 2 is 1.88 bits per heavy atom. The first-order chi connectivity index (χ1) is 12.7. The van der Waals surface area contributed by atoms with Gasteiger partial charge >= 0.3 is 0 Å². The molecule has 136 valence electrons. The van der Waals surface area contributed by atoms with E-state index < -0.39 is 0 Å². The van der Waals surface area contributed by atoms with Crippen molar-refractivity contribution in [1.29, 1.82) is 0 Å². The normalized spacial score (nSPS) is 14.7. The summed E-state index contributed by atoms with van der Waals surface area (Å²) in [5.74, 6) is 0.489. The molecule has 2 amide bonds. The quantitative estimate of drug-likeness (QED) is 0.854. The van der Waals surface area contributed by atoms with Gasteiger partial charge in [0.1, 0.15) is 5.82 Å². The fourth-order valence-electron chi connectivity index (χ4n) is 3.12. The molecule has 1 fully saturated rings. The van der Waals surface area contributed by atoms with Gasteiger partial charge in [-0.05, 0) is 37.1 Å². The Bertz CT molecular complexity index is 758. The van der Waals surface area contributed by atoms with Gasteiger partial charge in [-0.25, -0.2) is 4.98 Å². The third-order valence-electron chi connectivity index (χ3n) is 4.60. The molecule has 3 rings (SSSR count). The molecule has 26 heavy (non-hydrogen) atoms. The van der Waals surface area contributed by atoms with Crippen molar-refractivity contribution in [3.05, 3.63) is 54.0 Å². The minimum Gasteiger partial charge on any atom is -0.372 e. The molecule has 0 atom stereocenters. The maximum atomic E-state index is 12.7. The third kappa shape index (κ3) is 4.17. The van der Waals surface area contributed by atoms with E-state index in [0.29, 0.717) is 43.9 Å². The fraction of sp³-hybridized carbons (Fsp3) is 0.368. The number of amides is 2. The molecule has 1 aliphatic heterocycles. The summed E-state index contributed by atoms with van der Waals surface area (Å²) >= 11 is 0. The Hall–Kier alpha value is -2.96. The van der Waals surface area contributed by atoms with Crippen LogP contribution < -0.4 is 10.6 Å². The van der Waals surface area contributed by atoms with Gasteiger partial charge in [0.25, 0.3) is 5.91 Å². The van der Waals surface area contributed by atoms with Crippen molar-refractivity contribution in [3.63, 3.8) is 0 Å². The average molecular weight is 353 g/mol. The van der Waals surface area contributed by atoms with Crippen LogP contribution in [-0.4, -0.2) is 46.8 Å². The van der Waals surface area contributed by atoms with Crippen LogP contribution in [-0.2, 0) is 11.3 Å². The van der Waals surface area contributed by atoms with Crippen LogP contribution in [0.3, 0.4) is 0 Å². The van der Waals surface area contributed by atoms with Crippen LogP contribution >= 0.6 is 0 Å². The van der Waals surface area contributed by atoms with Gasteiger partial charge in [-0.3, -0.25) is 14.6 Å². The standard InChI is InChI=1S/C19H23N5O2/c1-20-17-16(6-4-10-22-17)19(26)24-11-7-14(8-12-24)18(25)23-13-15-5-2-3-9-21-15/h2-6,9-10,14H,7-8,11-13H2,1H3,(H,20,22)(H,23,25). The Morgan fingerprint density at radius 1 is 1.12 bits per heavy atom. The number of aromatic nitrogens is 2. The van der Waals surface area contributed by atoms with Gasteiger partial charge in [-0.1, -0.05) is 6.07 Å². The highest BCUT2D eigenvalue weighted by Crippen LogP contribution is 2.21. The van der Waals surface area contributed by atoms with Gasteiger partial charge in [0.15, 0.2) is 0 Å². The highest BCUT2D eigenvalue weighted by atomic mass is 16.2. The predicted octanol–water partition coefficient (Wildman–Crippen LogP) is 1.69. The molecule has 2 aromatic heterocycles. The summed E-state index contributed by atoms with van der Waals surface area (Å²) in [5, 5.41) is 5.88. The maximum absolute atomic E-state index is 12.7. The Morgan fingerprint density at radius 3 is 2.58 bits per heavy atom. The second kappa shape index (κ2) is 8.42. The molecule has 2 aromatic rings. The summed E-state index contributed by atoms with van der Waals surface area (Å²) in [5.41, 5.74) is 1.40. The summed E-state index contributed by atoms with van der Waals surface area (Å²) < 4.78 is 0. The molecular formula is C19H23N5O2. The summed E-state index contributed by atoms with van der Waals surface area (Å²) in [7, 11) is 1.75. The molecule has 0 bridgehead atoms. The lowest BCUT2D eigenvalue weighted by Crippen LogP contribution is -2.43. The number of carbonyl (C=O) groups excluding carboxylic acids is 2. The molecule has 0 radical (unpaired) electrons. The Labute approximate surface area is 152 Å². The topological polar surface area (TPSA) is 87.2 Å². The zero-order valence-corrected chi connectivity index (χ0v) is 14.8. The molecule has 0 saturated carbocycles. The SMILES string of the molecule is CNc1ncccc1C(=O)N1CCC(C(=O)NCc2ccccn2)CC1. The molecule has 3 heterocycles. The molecule has 2 N–H and O–H groups in total. The molecule has 1 saturated heterocycles. The van der Waals surface area contributed by atoms with E-state index in [9.17, 15) is 9.59 Å². The van der Waals surface area contributed by atoms with Crippen molar-refractivity contribution in [2.24, 2.45) is 5.92 Å². The number of nitrogens with zero attached hydrogens (tertiary/aromatic N) is 3. The van der Waals surface area contributed by atoms with E-state index in [1.165, 1.54) is 0 Å². The Balaban J connectivity index is 1.52. The first kappa shape index (κ1) is 17.8. The van der Waals surface area contributed by atoms with E-state index >= 15 is 0 Å². The number of nitrogens with one attached hydrogen (secondary N) is 2. The summed E-state index contributed by atoms with van der Waals surface area (Å²) in [6, 6.07) is 9.16. The predicted molar refractivity (Wildman–Crippen MR) is 98.5 cm³/mol. The van der Waals surface area contributed by atoms with Crippen LogP contribution in [0.15, 0.2) is 42.7 Å². The van der Waals surface area contributed by atoms with E-state index in [1.54, 1.807) is 36.5 Å². The van der Waals surface area contributed by atoms with E-state index in [0.717, 1.165) is 5.69 Å². The van der Waals surface area contributed by atoms with E-state index in [-0.39, 0.29) is 17.7 Å². The maximum Gasteiger partial charge on any atom is 0.257 e. The van der Waals surface area contributed by atoms with E-state index in [1.807, 2.05) is 18.2 Å². The third-order valence-corrected chi connectivity index (χ3v) is 4.60. The zero-order valence-electron chi connectivity index (χ0n) is 14.8. The van der Waals surface area contributed by atoms with Gasteiger partial charge in [-0.2, -0.15) is 0 Å². The van der Waals surface area contributed by atoms with Gasteiger partial charge in [0.05, 0.1) is 17.8 Å². The van der Waals surface area contributed by atoms with Crippen molar-refractivity contribution in [3.8, 4) is 0 Å². The second-order valence-electron chi connectivity index (χ2n) is 6.25. The number of pyridine rings is 2. The number of carbonyl (C=O) groups is 2. The number of rotatable bonds is 5. The molecule has 0 aromatic carbocycles. The van der Waals surface area contributed by atoms with Gasteiger partial charge < -0.3 is 15.5 Å². The highest BCUT2D eigenvalue weighted by molar-refractivity contribution is 5.98. The lowest BCUT2D eigenvalue weighted by molar-refractivity contribution is -0.126. The summed E-state index contributed by atoms with van der Waals surface area (Å²) in [6.07, 6.45) is 4.69. The molecule has 0 aliphatic carbocycles. The first-order valence-electron chi connectivity index (χ1n) is 8.78. The van der Waals surface area contributed by atoms with Gasteiger partial charge in [-0.15, -0.1) is 0 Å². The highest BCUT2D eigenvalue weighted by Gasteiger charge is 2.28. The van der Waals surface area contributed by atoms with E-state index in [2.05, 4.69) is 20.6 Å². The monoisotopic (exact) mass is 353 g/mol. The van der Waals surface area contributed by atoms with Crippen molar-refractivity contribution in [2.75, 3.05) is 25.5 Å². The largest absolute Gasteiger partial charge is 0.372 e. The van der Waals surface area contributed by atoms with Gasteiger partial charge in [0, 0.05) is 38.4 Å². The van der Waals surface area contributed by atoms with E-state index in [4.69, 9.17) is 0 Å². The van der Waals surface area contributed by atoms with Crippen LogP contribution in [0.1, 0.15) is 28.9 Å². The van der Waals surface area contributed by atoms with Crippen LogP contribution in [0.5, 0.6) is 0 Å². The molecule has 7 heteroatoms. The second-order valence-corrected chi connectivity index (χ2v) is 6.25. The smallest absolute Gasteiger partial charge is 0.257 e. The van der Waals surface area contributed by atoms with Crippen molar-refractivity contribution >= 4 is 17.6 Å². The minimum atomic E-state index is -0.0690. The van der Waals surface area contributed by atoms with Crippen molar-refractivity contribution in [1.82, 2.24) is 20.2 Å². The van der Waals surface area contributed by atoms with Crippen LogP contribution in [0.2, 0.25) is 0 Å². The Kier molecular flexibility index (Phi) is 5.78. The lowest BCUT2D eigenvalue weighted by Gasteiger charge is -2.31. The number of likely N-dealkylation sites (tertiary alicyclic amines) is 1. The number of hydrogen-bond donors (Lipinski definition) is 2. The van der Waals surface area contributed by atoms with Crippen molar-refractivity contribution < 1.29 is 9.59 Å². The molecule has 1 aliphatic rings. The summed E-state index contributed by atoms with van der Waals surface area (Å²) in [6.45, 7) is 1.57. The van der Waals surface area contributed by atoms with Gasteiger partial charge in [0.2, 0.25) is 5.91 Å². The van der Waals surface area contributed by atoms with Crippen LogP contribution in [0.25, 0.3) is 0 Å². The lowest BCUT2D eigenvalue weighted by atomic mass is 9.95. The van der Waals surface area contributed by atoms with Crippen molar-refractivity contribution in [2.45, 2.75) is 19.4 Å².